The summed E-state index contributed by atoms with van der Waals surface area (Å²) in [5, 5.41) is 3.07. The molecule has 0 saturated carbocycles. The van der Waals surface area contributed by atoms with Gasteiger partial charge in [0.1, 0.15) is 5.75 Å². The van der Waals surface area contributed by atoms with E-state index < -0.39 is 16.1 Å². The number of hydrogen-bond donors (Lipinski definition) is 2. The number of rotatable bonds is 8. The van der Waals surface area contributed by atoms with E-state index in [-0.39, 0.29) is 10.8 Å². The Labute approximate surface area is 187 Å². The third-order valence-corrected chi connectivity index (χ3v) is 6.19. The van der Waals surface area contributed by atoms with Crippen LogP contribution >= 0.6 is 11.6 Å². The lowest BCUT2D eigenvalue weighted by Gasteiger charge is -2.18. The minimum atomic E-state index is -3.82. The molecule has 0 aromatic heterocycles. The summed E-state index contributed by atoms with van der Waals surface area (Å²) < 4.78 is 33.4. The minimum Gasteiger partial charge on any atom is -0.481 e. The maximum absolute atomic E-state index is 12.6. The molecule has 31 heavy (non-hydrogen) atoms. The molecule has 3 aromatic carbocycles. The summed E-state index contributed by atoms with van der Waals surface area (Å²) in [6, 6.07) is 19.9. The van der Waals surface area contributed by atoms with Gasteiger partial charge in [-0.15, -0.1) is 0 Å². The Balaban J connectivity index is 1.67. The lowest BCUT2D eigenvalue weighted by molar-refractivity contribution is -0.122. The lowest BCUT2D eigenvalue weighted by Crippen LogP contribution is -2.32. The van der Waals surface area contributed by atoms with E-state index in [0.29, 0.717) is 28.6 Å². The summed E-state index contributed by atoms with van der Waals surface area (Å²) in [6.07, 6.45) is -0.194. The molecule has 0 aliphatic heterocycles. The summed E-state index contributed by atoms with van der Waals surface area (Å²) in [4.78, 5) is 12.7. The van der Waals surface area contributed by atoms with Crippen LogP contribution in [0.1, 0.15) is 18.9 Å². The number of hydrogen-bond acceptors (Lipinski definition) is 4. The molecular weight excluding hydrogens is 436 g/mol. The first-order valence-corrected chi connectivity index (χ1v) is 11.6. The van der Waals surface area contributed by atoms with Gasteiger partial charge in [0.15, 0.2) is 6.10 Å². The van der Waals surface area contributed by atoms with Crippen LogP contribution in [0.4, 0.5) is 11.4 Å². The molecule has 3 aromatic rings. The Kier molecular flexibility index (Phi) is 7.20. The van der Waals surface area contributed by atoms with Gasteiger partial charge in [-0.05, 0) is 67.4 Å². The van der Waals surface area contributed by atoms with E-state index in [1.54, 1.807) is 30.3 Å². The van der Waals surface area contributed by atoms with Crippen molar-refractivity contribution in [2.75, 3.05) is 10.0 Å². The minimum absolute atomic E-state index is 0.0495. The van der Waals surface area contributed by atoms with Crippen molar-refractivity contribution < 1.29 is 17.9 Å². The average Bonchev–Trinajstić information content (AvgIpc) is 2.74. The van der Waals surface area contributed by atoms with E-state index in [4.69, 9.17) is 16.3 Å². The quantitative estimate of drug-likeness (QED) is 0.483. The molecule has 0 saturated heterocycles. The van der Waals surface area contributed by atoms with Crippen LogP contribution in [-0.2, 0) is 14.8 Å². The number of aryl methyl sites for hydroxylation is 1. The number of benzene rings is 3. The van der Waals surface area contributed by atoms with Crippen molar-refractivity contribution in [3.63, 3.8) is 0 Å². The highest BCUT2D eigenvalue weighted by Gasteiger charge is 2.20. The molecule has 8 heteroatoms. The van der Waals surface area contributed by atoms with Gasteiger partial charge in [0, 0.05) is 5.69 Å². The summed E-state index contributed by atoms with van der Waals surface area (Å²) in [5.74, 6) is 0.308. The highest BCUT2D eigenvalue weighted by molar-refractivity contribution is 7.92. The molecule has 0 spiro atoms. The molecule has 1 atom stereocenters. The molecule has 0 radical (unpaired) electrons. The second-order valence-corrected chi connectivity index (χ2v) is 9.02. The van der Waals surface area contributed by atoms with Crippen LogP contribution in [-0.4, -0.2) is 20.4 Å². The van der Waals surface area contributed by atoms with Gasteiger partial charge in [0.2, 0.25) is 0 Å². The number of halogens is 1. The van der Waals surface area contributed by atoms with Gasteiger partial charge in [-0.2, -0.15) is 0 Å². The van der Waals surface area contributed by atoms with Crippen molar-refractivity contribution in [2.24, 2.45) is 0 Å². The van der Waals surface area contributed by atoms with Crippen molar-refractivity contribution in [1.82, 2.24) is 0 Å². The number of carbonyl (C=O) groups is 1. The van der Waals surface area contributed by atoms with Gasteiger partial charge in [0.25, 0.3) is 15.9 Å². The number of para-hydroxylation sites is 1. The molecule has 162 valence electrons. The van der Waals surface area contributed by atoms with E-state index in [1.165, 1.54) is 24.3 Å². The topological polar surface area (TPSA) is 84.5 Å². The van der Waals surface area contributed by atoms with Crippen LogP contribution in [0, 0.1) is 6.92 Å². The largest absolute Gasteiger partial charge is 0.481 e. The smallest absolute Gasteiger partial charge is 0.265 e. The molecule has 0 bridgehead atoms. The first-order valence-electron chi connectivity index (χ1n) is 9.70. The van der Waals surface area contributed by atoms with Crippen LogP contribution in [0.2, 0.25) is 5.02 Å². The molecule has 0 aliphatic carbocycles. The third kappa shape index (κ3) is 5.99. The van der Waals surface area contributed by atoms with Gasteiger partial charge in [-0.1, -0.05) is 42.8 Å². The second kappa shape index (κ2) is 9.85. The molecule has 0 fully saturated rings. The van der Waals surface area contributed by atoms with Crippen LogP contribution < -0.4 is 14.8 Å². The predicted octanol–water partition coefficient (Wildman–Crippen LogP) is 5.25. The molecule has 0 aliphatic rings. The molecule has 6 nitrogen and oxygen atoms in total. The normalized spacial score (nSPS) is 12.1. The highest BCUT2D eigenvalue weighted by atomic mass is 35.5. The van der Waals surface area contributed by atoms with Crippen molar-refractivity contribution in [3.05, 3.63) is 83.4 Å². The zero-order valence-corrected chi connectivity index (χ0v) is 18.7. The van der Waals surface area contributed by atoms with Crippen molar-refractivity contribution in [2.45, 2.75) is 31.3 Å². The molecular formula is C23H23ClN2O4S. The third-order valence-electron chi connectivity index (χ3n) is 4.48. The SMILES string of the molecule is CC[C@@H](Oc1cccc(C)c1)C(=O)Nc1ccc(S(=O)(=O)Nc2ccccc2Cl)cc1. The van der Waals surface area contributed by atoms with Crippen LogP contribution in [0.5, 0.6) is 5.75 Å². The van der Waals surface area contributed by atoms with Gasteiger partial charge in [0.05, 0.1) is 15.6 Å². The summed E-state index contributed by atoms with van der Waals surface area (Å²) in [6.45, 7) is 3.81. The number of anilines is 2. The number of nitrogens with one attached hydrogen (secondary N) is 2. The first kappa shape index (κ1) is 22.7. The van der Waals surface area contributed by atoms with Gasteiger partial charge < -0.3 is 10.1 Å². The van der Waals surface area contributed by atoms with E-state index >= 15 is 0 Å². The zero-order chi connectivity index (χ0) is 22.4. The Morgan fingerprint density at radius 1 is 1.03 bits per heavy atom. The van der Waals surface area contributed by atoms with Gasteiger partial charge in [-0.3, -0.25) is 9.52 Å². The van der Waals surface area contributed by atoms with Crippen molar-refractivity contribution in [1.29, 1.82) is 0 Å². The zero-order valence-electron chi connectivity index (χ0n) is 17.1. The summed E-state index contributed by atoms with van der Waals surface area (Å²) >= 11 is 6.02. The number of sulfonamides is 1. The van der Waals surface area contributed by atoms with Crippen LogP contribution in [0.15, 0.2) is 77.7 Å². The van der Waals surface area contributed by atoms with E-state index in [9.17, 15) is 13.2 Å². The Morgan fingerprint density at radius 3 is 2.39 bits per heavy atom. The maximum Gasteiger partial charge on any atom is 0.265 e. The molecule has 0 heterocycles. The van der Waals surface area contributed by atoms with E-state index in [2.05, 4.69) is 10.0 Å². The van der Waals surface area contributed by atoms with Crippen LogP contribution in [0.3, 0.4) is 0 Å². The fourth-order valence-electron chi connectivity index (χ4n) is 2.86. The summed E-state index contributed by atoms with van der Waals surface area (Å²) in [7, 11) is -3.82. The standard InChI is InChI=1S/C23H23ClN2O4S/c1-3-22(30-18-8-6-7-16(2)15-18)23(27)25-17-11-13-19(14-12-17)31(28,29)26-21-10-5-4-9-20(21)24/h4-15,22,26H,3H2,1-2H3,(H,25,27)/t22-/m1/s1. The van der Waals surface area contributed by atoms with Gasteiger partial charge >= 0.3 is 0 Å². The van der Waals surface area contributed by atoms with Crippen molar-refractivity contribution in [3.8, 4) is 5.75 Å². The molecule has 2 N–H and O–H groups in total. The lowest BCUT2D eigenvalue weighted by atomic mass is 10.2. The number of carbonyl (C=O) groups excluding carboxylic acids is 1. The van der Waals surface area contributed by atoms with Crippen LogP contribution in [0.25, 0.3) is 0 Å². The predicted molar refractivity (Wildman–Crippen MR) is 123 cm³/mol. The molecule has 3 rings (SSSR count). The average molecular weight is 459 g/mol. The molecule has 1 amide bonds. The summed E-state index contributed by atoms with van der Waals surface area (Å²) in [5.41, 5.74) is 1.79. The first-order chi connectivity index (χ1) is 14.8. The van der Waals surface area contributed by atoms with E-state index in [1.807, 2.05) is 32.0 Å². The number of amides is 1. The fourth-order valence-corrected chi connectivity index (χ4v) is 4.18. The van der Waals surface area contributed by atoms with E-state index in [0.717, 1.165) is 5.56 Å². The fraction of sp³-hybridized carbons (Fsp3) is 0.174. The van der Waals surface area contributed by atoms with Crippen molar-refractivity contribution >= 4 is 38.9 Å². The second-order valence-electron chi connectivity index (χ2n) is 6.93. The Morgan fingerprint density at radius 2 is 1.74 bits per heavy atom. The van der Waals surface area contributed by atoms with Gasteiger partial charge in [-0.25, -0.2) is 8.42 Å². The maximum atomic E-state index is 12.6. The Bertz CT molecular complexity index is 1160. The monoisotopic (exact) mass is 458 g/mol. The highest BCUT2D eigenvalue weighted by Crippen LogP contribution is 2.24. The number of ether oxygens (including phenoxy) is 1. The molecule has 0 unspecified atom stereocenters. The Hall–Kier alpha value is -3.03.